The molecule has 7 rings (SSSR count). The van der Waals surface area contributed by atoms with E-state index in [0.29, 0.717) is 62.3 Å². The number of nitrogens with one attached hydrogen (secondary N) is 1. The second-order valence-corrected chi connectivity index (χ2v) is 19.1. The monoisotopic (exact) mass is 993 g/mol. The third kappa shape index (κ3) is 11.5. The van der Waals surface area contributed by atoms with Crippen LogP contribution >= 0.6 is 0 Å². The molecule has 0 saturated carbocycles. The van der Waals surface area contributed by atoms with Crippen LogP contribution < -0.4 is 14.8 Å². The Morgan fingerprint density at radius 2 is 1.00 bits per heavy atom. The van der Waals surface area contributed by atoms with Crippen molar-refractivity contribution in [2.24, 2.45) is 40.9 Å². The lowest BCUT2D eigenvalue weighted by Gasteiger charge is -2.12. The Balaban J connectivity index is 1.10. The summed E-state index contributed by atoms with van der Waals surface area (Å²) in [6.45, 7) is 5.18. The van der Waals surface area contributed by atoms with Crippen molar-refractivity contribution < 1.29 is 53.5 Å². The Labute approximate surface area is 394 Å². The fourth-order valence-corrected chi connectivity index (χ4v) is 8.51. The van der Waals surface area contributed by atoms with Crippen LogP contribution in [-0.2, 0) is 30.4 Å². The number of para-hydroxylation sites is 1. The van der Waals surface area contributed by atoms with E-state index in [1.54, 1.807) is 69.3 Å². The van der Waals surface area contributed by atoms with Gasteiger partial charge in [-0.3, -0.25) is 13.7 Å². The van der Waals surface area contributed by atoms with Crippen molar-refractivity contribution in [1.82, 2.24) is 0 Å². The molecule has 0 bridgehead atoms. The highest BCUT2D eigenvalue weighted by Crippen LogP contribution is 2.44. The second-order valence-electron chi connectivity index (χ2n) is 14.9. The molecule has 0 amide bonds. The molecule has 0 aliphatic carbocycles. The first kappa shape index (κ1) is 49.0. The summed E-state index contributed by atoms with van der Waals surface area (Å²) in [5.74, 6) is -0.0373. The van der Waals surface area contributed by atoms with Gasteiger partial charge in [-0.1, -0.05) is 18.2 Å². The predicted octanol–water partition coefficient (Wildman–Crippen LogP) is 12.6. The molecule has 0 aliphatic rings. The van der Waals surface area contributed by atoms with E-state index < -0.39 is 56.5 Å². The molecule has 5 N–H and O–H groups in total. The van der Waals surface area contributed by atoms with Gasteiger partial charge in [-0.2, -0.15) is 45.7 Å². The first-order valence-corrected chi connectivity index (χ1v) is 24.3. The van der Waals surface area contributed by atoms with Crippen LogP contribution in [0.4, 0.5) is 56.9 Å². The molecule has 7 aromatic rings. The number of hydrogen-bond acceptors (Lipinski definition) is 18. The van der Waals surface area contributed by atoms with E-state index in [0.717, 1.165) is 17.8 Å². The molecule has 0 aromatic heterocycles. The van der Waals surface area contributed by atoms with Crippen LogP contribution in [0.15, 0.2) is 171 Å². The fraction of sp³-hybridized carbons (Fsp3) is 0.111. The predicted molar refractivity (Wildman–Crippen MR) is 255 cm³/mol. The number of aromatic hydroxyl groups is 1. The molecule has 0 atom stereocenters. The topological polar surface area (TPSA) is 313 Å². The minimum atomic E-state index is -4.94. The number of phenols is 1. The molecular formula is C45H39N9O12S3. The molecule has 7 aromatic carbocycles. The van der Waals surface area contributed by atoms with Gasteiger partial charge in [0.25, 0.3) is 30.4 Å². The highest BCUT2D eigenvalue weighted by Gasteiger charge is 2.24. The number of benzene rings is 7. The quantitative estimate of drug-likeness (QED) is 0.0472. The molecule has 0 spiro atoms. The van der Waals surface area contributed by atoms with Gasteiger partial charge in [0.15, 0.2) is 5.75 Å². The normalized spacial score (nSPS) is 12.5. The van der Waals surface area contributed by atoms with E-state index in [-0.39, 0.29) is 28.2 Å². The van der Waals surface area contributed by atoms with Crippen molar-refractivity contribution in [3.05, 3.63) is 132 Å². The van der Waals surface area contributed by atoms with Gasteiger partial charge in [-0.05, 0) is 128 Å². The van der Waals surface area contributed by atoms with Crippen LogP contribution in [0, 0.1) is 20.8 Å². The number of azo groups is 4. The zero-order chi connectivity index (χ0) is 49.8. The lowest BCUT2D eigenvalue weighted by atomic mass is 10.1. The summed E-state index contributed by atoms with van der Waals surface area (Å²) in [6, 6.07) is 29.0. The lowest BCUT2D eigenvalue weighted by Crippen LogP contribution is -2.03. The highest BCUT2D eigenvalue weighted by molar-refractivity contribution is 7.87. The minimum absolute atomic E-state index is 0.148. The molecule has 354 valence electrons. The maximum Gasteiger partial charge on any atom is 0.296 e. The zero-order valence-corrected chi connectivity index (χ0v) is 39.3. The zero-order valence-electron chi connectivity index (χ0n) is 36.8. The summed E-state index contributed by atoms with van der Waals surface area (Å²) in [4.78, 5) is -2.29. The van der Waals surface area contributed by atoms with Gasteiger partial charge in [-0.25, -0.2) is 0 Å². The average Bonchev–Trinajstić information content (AvgIpc) is 3.29. The van der Waals surface area contributed by atoms with E-state index in [2.05, 4.69) is 46.2 Å². The van der Waals surface area contributed by atoms with Crippen molar-refractivity contribution in [2.45, 2.75) is 35.5 Å². The van der Waals surface area contributed by atoms with Crippen LogP contribution in [0.5, 0.6) is 17.2 Å². The molecule has 0 aliphatic heterocycles. The van der Waals surface area contributed by atoms with Crippen molar-refractivity contribution in [3.63, 3.8) is 0 Å². The van der Waals surface area contributed by atoms with Crippen LogP contribution in [-0.4, -0.2) is 58.2 Å². The van der Waals surface area contributed by atoms with Crippen molar-refractivity contribution in [1.29, 1.82) is 0 Å². The lowest BCUT2D eigenvalue weighted by molar-refractivity contribution is 0.415. The summed E-state index contributed by atoms with van der Waals surface area (Å²) in [6.07, 6.45) is 0. The van der Waals surface area contributed by atoms with E-state index in [1.807, 2.05) is 30.3 Å². The molecule has 21 nitrogen and oxygen atoms in total. The summed E-state index contributed by atoms with van der Waals surface area (Å²) in [5.41, 5.74) is 4.30. The molecule has 0 heterocycles. The number of anilines is 2. The number of phenolic OH excluding ortho intramolecular Hbond substituents is 1. The molecule has 69 heavy (non-hydrogen) atoms. The van der Waals surface area contributed by atoms with Gasteiger partial charge < -0.3 is 19.9 Å². The van der Waals surface area contributed by atoms with Crippen molar-refractivity contribution >= 4 is 98.0 Å². The summed E-state index contributed by atoms with van der Waals surface area (Å²) in [7, 11) is -11.8. The molecule has 0 radical (unpaired) electrons. The van der Waals surface area contributed by atoms with E-state index >= 15 is 0 Å². The fourth-order valence-electron chi connectivity index (χ4n) is 6.62. The Morgan fingerprint density at radius 3 is 1.58 bits per heavy atom. The van der Waals surface area contributed by atoms with Gasteiger partial charge >= 0.3 is 0 Å². The third-order valence-corrected chi connectivity index (χ3v) is 12.7. The van der Waals surface area contributed by atoms with Crippen LogP contribution in [0.2, 0.25) is 0 Å². The van der Waals surface area contributed by atoms with Gasteiger partial charge in [0.05, 0.1) is 41.9 Å². The third-order valence-electron chi connectivity index (χ3n) is 10.1. The molecule has 0 fully saturated rings. The van der Waals surface area contributed by atoms with E-state index in [1.165, 1.54) is 32.4 Å². The number of hydrogen-bond donors (Lipinski definition) is 5. The molecule has 0 saturated heterocycles. The summed E-state index contributed by atoms with van der Waals surface area (Å²) >= 11 is 0. The second kappa shape index (κ2) is 19.8. The van der Waals surface area contributed by atoms with Gasteiger partial charge in [0.1, 0.15) is 44.0 Å². The van der Waals surface area contributed by atoms with Gasteiger partial charge in [-0.15, -0.1) is 20.5 Å². The Bertz CT molecular complexity index is 3650. The SMILES string of the molecule is COc1cc(N=Nc2ccc(N=Nc3ccc(S(=O)(=O)O)cc3S(=O)(=O)O)c(C)c2)c(C)cc1N=Nc1cc(OC)c(N=Nc2c(S(=O)(=O)O)cc3cc(Nc4ccccc4)ccc3c2O)cc1C. The van der Waals surface area contributed by atoms with E-state index in [9.17, 15) is 44.0 Å². The maximum absolute atomic E-state index is 12.6. The van der Waals surface area contributed by atoms with Crippen LogP contribution in [0.25, 0.3) is 10.8 Å². The Kier molecular flexibility index (Phi) is 14.1. The summed E-state index contributed by atoms with van der Waals surface area (Å²) in [5, 5.41) is 48.7. The number of rotatable bonds is 15. The minimum Gasteiger partial charge on any atom is -0.505 e. The van der Waals surface area contributed by atoms with Gasteiger partial charge in [0.2, 0.25) is 0 Å². The number of methoxy groups -OCH3 is 2. The Morgan fingerprint density at radius 1 is 0.464 bits per heavy atom. The number of fused-ring (bicyclic) bond motifs is 1. The average molecular weight is 994 g/mol. The molecule has 0 unspecified atom stereocenters. The van der Waals surface area contributed by atoms with E-state index in [4.69, 9.17) is 9.47 Å². The molecular weight excluding hydrogens is 955 g/mol. The first-order valence-electron chi connectivity index (χ1n) is 20.0. The first-order chi connectivity index (χ1) is 32.6. The Hall–Kier alpha value is -7.87. The van der Waals surface area contributed by atoms with Crippen LogP contribution in [0.3, 0.4) is 0 Å². The number of nitrogens with zero attached hydrogens (tertiary/aromatic N) is 8. The van der Waals surface area contributed by atoms with Crippen LogP contribution in [0.1, 0.15) is 16.7 Å². The highest BCUT2D eigenvalue weighted by atomic mass is 32.2. The maximum atomic E-state index is 12.6. The number of ether oxygens (including phenoxy) is 2. The smallest absolute Gasteiger partial charge is 0.296 e. The number of aryl methyl sites for hydroxylation is 3. The summed E-state index contributed by atoms with van der Waals surface area (Å²) < 4.78 is 112. The molecule has 24 heteroatoms. The van der Waals surface area contributed by atoms with Crippen molar-refractivity contribution in [2.75, 3.05) is 19.5 Å². The van der Waals surface area contributed by atoms with Gasteiger partial charge in [0, 0.05) is 28.9 Å². The van der Waals surface area contributed by atoms with Crippen molar-refractivity contribution in [3.8, 4) is 17.2 Å². The standard InChI is InChI=1S/C45H39N9O12S3/c1-25-17-31(12-15-34(25)48-49-35-16-13-32(67(56,57)58)22-42(35)68(59,60)61)47-50-36-23-40(65-4)38(18-26(36)2)52-51-37-24-41(66-5)39(19-27(37)3)53-54-44-43(69(62,63)64)21-28-20-30(11-14-33(28)45(44)55)46-29-9-7-6-8-10-29/h6-24,46,55H,1-5H3,(H,56,57,58)(H,59,60,61)(H,62,63,64). The largest absolute Gasteiger partial charge is 0.505 e.